The molecule has 166 valence electrons. The van der Waals surface area contributed by atoms with Gasteiger partial charge in [0.1, 0.15) is 0 Å². The Labute approximate surface area is 179 Å². The molecule has 0 saturated heterocycles. The Balaban J connectivity index is 1.91. The Morgan fingerprint density at radius 3 is 1.79 bits per heavy atom. The van der Waals surface area contributed by atoms with E-state index < -0.39 is 0 Å². The average Bonchev–Trinajstić information content (AvgIpc) is 2.70. The van der Waals surface area contributed by atoms with Gasteiger partial charge in [0, 0.05) is 0 Å². The summed E-state index contributed by atoms with van der Waals surface area (Å²) in [6.45, 7) is 7.34. The van der Waals surface area contributed by atoms with E-state index in [4.69, 9.17) is 0 Å². The third kappa shape index (κ3) is 9.21. The van der Waals surface area contributed by atoms with Crippen molar-refractivity contribution in [3.63, 3.8) is 0 Å². The highest BCUT2D eigenvalue weighted by Gasteiger charge is 2.31. The van der Waals surface area contributed by atoms with Crippen molar-refractivity contribution in [1.29, 1.82) is 0 Å². The molecular weight excluding hydrogens is 336 g/mol. The van der Waals surface area contributed by atoms with E-state index in [-0.39, 0.29) is 0 Å². The first-order chi connectivity index (χ1) is 13.7. The Morgan fingerprint density at radius 2 is 1.11 bits per heavy atom. The summed E-state index contributed by atoms with van der Waals surface area (Å²) in [6, 6.07) is 0. The van der Waals surface area contributed by atoms with Crippen LogP contribution in [0, 0.1) is 29.6 Å². The van der Waals surface area contributed by atoms with Crippen LogP contribution in [-0.2, 0) is 0 Å². The second-order valence-corrected chi connectivity index (χ2v) is 10.9. The lowest BCUT2D eigenvalue weighted by Gasteiger charge is -2.39. The lowest BCUT2D eigenvalue weighted by atomic mass is 9.67. The van der Waals surface area contributed by atoms with Gasteiger partial charge in [-0.05, 0) is 42.4 Å². The summed E-state index contributed by atoms with van der Waals surface area (Å²) in [5, 5.41) is 0. The fourth-order valence-corrected chi connectivity index (χ4v) is 6.68. The van der Waals surface area contributed by atoms with Crippen molar-refractivity contribution in [3.05, 3.63) is 0 Å². The second kappa shape index (κ2) is 14.9. The van der Waals surface area contributed by atoms with Gasteiger partial charge < -0.3 is 0 Å². The van der Waals surface area contributed by atoms with Gasteiger partial charge in [-0.3, -0.25) is 0 Å². The molecule has 0 spiro atoms. The van der Waals surface area contributed by atoms with Gasteiger partial charge in [-0.25, -0.2) is 0 Å². The molecule has 2 aliphatic carbocycles. The quantitative estimate of drug-likeness (QED) is 0.438. The molecule has 2 aliphatic rings. The van der Waals surface area contributed by atoms with Crippen LogP contribution in [0.4, 0.5) is 0 Å². The SMILES string of the molecule is CCCC1CCCCCCCCCCC(C2CCC(C)C(CCC)C2)CCC1. The fraction of sp³-hybridized carbons (Fsp3) is 1.00. The maximum absolute atomic E-state index is 2.54. The molecule has 0 heteroatoms. The number of hydrogen-bond donors (Lipinski definition) is 0. The molecule has 0 aromatic rings. The largest absolute Gasteiger partial charge is 0.0654 e. The third-order valence-electron chi connectivity index (χ3n) is 8.55. The van der Waals surface area contributed by atoms with E-state index in [9.17, 15) is 0 Å². The van der Waals surface area contributed by atoms with E-state index in [0.717, 1.165) is 29.6 Å². The van der Waals surface area contributed by atoms with E-state index in [1.807, 2.05) is 0 Å². The Hall–Kier alpha value is 0. The molecule has 5 unspecified atom stereocenters. The maximum atomic E-state index is 2.54. The highest BCUT2D eigenvalue weighted by molar-refractivity contribution is 4.82. The van der Waals surface area contributed by atoms with Crippen molar-refractivity contribution in [2.45, 2.75) is 149 Å². The molecular formula is C28H54. The standard InChI is InChI=1S/C28H54/c1-4-15-25-17-12-10-8-6-7-9-11-13-19-26(20-14-18-25)28-22-21-24(3)27(23-28)16-5-2/h24-28H,4-23H2,1-3H3. The fourth-order valence-electron chi connectivity index (χ4n) is 6.68. The lowest BCUT2D eigenvalue weighted by Crippen LogP contribution is -2.28. The first kappa shape index (κ1) is 24.3. The van der Waals surface area contributed by atoms with Crippen LogP contribution in [-0.4, -0.2) is 0 Å². The van der Waals surface area contributed by atoms with Crippen LogP contribution < -0.4 is 0 Å². The highest BCUT2D eigenvalue weighted by atomic mass is 14.4. The summed E-state index contributed by atoms with van der Waals surface area (Å²) in [6.07, 6.45) is 30.1. The molecule has 0 N–H and O–H groups in total. The predicted octanol–water partition coefficient (Wildman–Crippen LogP) is 9.96. The van der Waals surface area contributed by atoms with Gasteiger partial charge in [0.15, 0.2) is 0 Å². The normalized spacial score (nSPS) is 35.0. The molecule has 2 rings (SSSR count). The van der Waals surface area contributed by atoms with Crippen molar-refractivity contribution < 1.29 is 0 Å². The van der Waals surface area contributed by atoms with Gasteiger partial charge in [0.05, 0.1) is 0 Å². The average molecular weight is 391 g/mol. The van der Waals surface area contributed by atoms with E-state index in [2.05, 4.69) is 20.8 Å². The van der Waals surface area contributed by atoms with E-state index in [1.165, 1.54) is 103 Å². The zero-order chi connectivity index (χ0) is 20.0. The topological polar surface area (TPSA) is 0 Å². The highest BCUT2D eigenvalue weighted by Crippen LogP contribution is 2.42. The van der Waals surface area contributed by atoms with Gasteiger partial charge in [-0.15, -0.1) is 0 Å². The predicted molar refractivity (Wildman–Crippen MR) is 127 cm³/mol. The summed E-state index contributed by atoms with van der Waals surface area (Å²) < 4.78 is 0. The minimum Gasteiger partial charge on any atom is -0.0654 e. The van der Waals surface area contributed by atoms with Crippen LogP contribution in [0.2, 0.25) is 0 Å². The van der Waals surface area contributed by atoms with Crippen molar-refractivity contribution in [3.8, 4) is 0 Å². The Bertz CT molecular complexity index is 359. The number of hydrogen-bond acceptors (Lipinski definition) is 0. The lowest BCUT2D eigenvalue weighted by molar-refractivity contribution is 0.124. The molecule has 0 amide bonds. The summed E-state index contributed by atoms with van der Waals surface area (Å²) in [7, 11) is 0. The van der Waals surface area contributed by atoms with Crippen LogP contribution in [0.1, 0.15) is 149 Å². The smallest absolute Gasteiger partial charge is 0.0383 e. The van der Waals surface area contributed by atoms with Crippen LogP contribution in [0.5, 0.6) is 0 Å². The van der Waals surface area contributed by atoms with E-state index >= 15 is 0 Å². The zero-order valence-electron chi connectivity index (χ0n) is 20.0. The molecule has 0 aromatic heterocycles. The summed E-state index contributed by atoms with van der Waals surface area (Å²) in [5.41, 5.74) is 0. The van der Waals surface area contributed by atoms with Crippen molar-refractivity contribution >= 4 is 0 Å². The monoisotopic (exact) mass is 390 g/mol. The molecule has 2 saturated carbocycles. The van der Waals surface area contributed by atoms with Crippen LogP contribution in [0.15, 0.2) is 0 Å². The van der Waals surface area contributed by atoms with Crippen molar-refractivity contribution in [2.75, 3.05) is 0 Å². The van der Waals surface area contributed by atoms with Crippen LogP contribution >= 0.6 is 0 Å². The van der Waals surface area contributed by atoms with Crippen molar-refractivity contribution in [2.24, 2.45) is 29.6 Å². The Morgan fingerprint density at radius 1 is 0.536 bits per heavy atom. The van der Waals surface area contributed by atoms with Crippen molar-refractivity contribution in [1.82, 2.24) is 0 Å². The molecule has 0 aliphatic heterocycles. The summed E-state index contributed by atoms with van der Waals surface area (Å²) >= 11 is 0. The molecule has 5 atom stereocenters. The van der Waals surface area contributed by atoms with Crippen LogP contribution in [0.3, 0.4) is 0 Å². The number of rotatable bonds is 5. The summed E-state index contributed by atoms with van der Waals surface area (Å²) in [4.78, 5) is 0. The molecule has 0 aromatic carbocycles. The first-order valence-electron chi connectivity index (χ1n) is 13.7. The van der Waals surface area contributed by atoms with E-state index in [0.29, 0.717) is 0 Å². The molecule has 28 heavy (non-hydrogen) atoms. The second-order valence-electron chi connectivity index (χ2n) is 10.9. The molecule has 2 fully saturated rings. The van der Waals surface area contributed by atoms with Gasteiger partial charge in [-0.1, -0.05) is 136 Å². The molecule has 0 nitrogen and oxygen atoms in total. The zero-order valence-corrected chi connectivity index (χ0v) is 20.0. The van der Waals surface area contributed by atoms with Gasteiger partial charge >= 0.3 is 0 Å². The van der Waals surface area contributed by atoms with Gasteiger partial charge in [0.25, 0.3) is 0 Å². The van der Waals surface area contributed by atoms with Crippen LogP contribution in [0.25, 0.3) is 0 Å². The van der Waals surface area contributed by atoms with Gasteiger partial charge in [-0.2, -0.15) is 0 Å². The maximum Gasteiger partial charge on any atom is -0.0383 e. The Kier molecular flexibility index (Phi) is 12.9. The minimum atomic E-state index is 0.993. The molecule has 0 heterocycles. The minimum absolute atomic E-state index is 0.993. The van der Waals surface area contributed by atoms with Gasteiger partial charge in [0.2, 0.25) is 0 Å². The third-order valence-corrected chi connectivity index (χ3v) is 8.55. The molecule has 0 radical (unpaired) electrons. The molecule has 0 bridgehead atoms. The van der Waals surface area contributed by atoms with E-state index in [1.54, 1.807) is 25.7 Å². The first-order valence-corrected chi connectivity index (χ1v) is 13.7. The summed E-state index contributed by atoms with van der Waals surface area (Å²) in [5.74, 6) is 5.18.